The summed E-state index contributed by atoms with van der Waals surface area (Å²) in [6, 6.07) is -0.897. The van der Waals surface area contributed by atoms with E-state index in [1.54, 1.807) is 6.08 Å². The number of carbonyl (C=O) groups is 3. The number of hydrogen-bond acceptors (Lipinski definition) is 9. The number of carboxylic acid groups (broad SMARTS) is 3. The minimum Gasteiger partial charge on any atom is -0.481 e. The highest BCUT2D eigenvalue weighted by Gasteiger charge is 2.61. The van der Waals surface area contributed by atoms with Gasteiger partial charge in [0.25, 0.3) is 0 Å². The second kappa shape index (κ2) is 12.9. The highest BCUT2D eigenvalue weighted by atomic mass is 16.6. The van der Waals surface area contributed by atoms with E-state index in [0.29, 0.717) is 18.7 Å². The normalized spacial score (nSPS) is 28.0. The van der Waals surface area contributed by atoms with Crippen LogP contribution in [0.4, 0.5) is 0 Å². The van der Waals surface area contributed by atoms with E-state index < -0.39 is 41.2 Å². The summed E-state index contributed by atoms with van der Waals surface area (Å²) in [5.74, 6) is -3.17. The highest BCUT2D eigenvalue weighted by molar-refractivity contribution is 5.69. The first-order valence-corrected chi connectivity index (χ1v) is 14.7. The fraction of sp³-hybridized carbons (Fsp3) is 0.690. The third-order valence-corrected chi connectivity index (χ3v) is 9.17. The van der Waals surface area contributed by atoms with Gasteiger partial charge < -0.3 is 35.2 Å². The number of allylic oxidation sites excluding steroid dienone is 1. The van der Waals surface area contributed by atoms with Gasteiger partial charge in [-0.05, 0) is 49.0 Å². The fourth-order valence-electron chi connectivity index (χ4n) is 7.05. The van der Waals surface area contributed by atoms with E-state index in [2.05, 4.69) is 24.1 Å². The summed E-state index contributed by atoms with van der Waals surface area (Å²) >= 11 is 0. The smallest absolute Gasteiger partial charge is 0.317 e. The predicted molar refractivity (Wildman–Crippen MR) is 151 cm³/mol. The summed E-state index contributed by atoms with van der Waals surface area (Å²) in [7, 11) is 0. The minimum atomic E-state index is -1.02. The van der Waals surface area contributed by atoms with Crippen molar-refractivity contribution >= 4 is 17.9 Å². The van der Waals surface area contributed by atoms with Crippen molar-refractivity contribution in [3.8, 4) is 0 Å². The van der Waals surface area contributed by atoms with Crippen molar-refractivity contribution in [1.82, 2.24) is 15.1 Å². The zero-order valence-corrected chi connectivity index (χ0v) is 24.3. The molecule has 13 nitrogen and oxygen atoms in total. The molecule has 4 rings (SSSR count). The number of ether oxygens (including phenoxy) is 1. The summed E-state index contributed by atoms with van der Waals surface area (Å²) in [4.78, 5) is 49.3. The van der Waals surface area contributed by atoms with Crippen LogP contribution in [-0.4, -0.2) is 105 Å². The van der Waals surface area contributed by atoms with Crippen LogP contribution in [0.15, 0.2) is 35.1 Å². The maximum atomic E-state index is 11.8. The summed E-state index contributed by atoms with van der Waals surface area (Å²) in [5.41, 5.74) is 1.79. The van der Waals surface area contributed by atoms with Crippen molar-refractivity contribution in [3.05, 3.63) is 45.2 Å². The first-order chi connectivity index (χ1) is 19.9. The quantitative estimate of drug-likeness (QED) is 0.132. The monoisotopic (exact) mass is 590 g/mol. The lowest BCUT2D eigenvalue weighted by Crippen LogP contribution is -2.60. The van der Waals surface area contributed by atoms with Gasteiger partial charge in [-0.15, -0.1) is 0 Å². The Hall–Kier alpha value is -3.29. The van der Waals surface area contributed by atoms with Gasteiger partial charge in [0.2, 0.25) is 6.04 Å². The number of nitro groups is 1. The Balaban J connectivity index is 1.66. The standard InChI is InChI=1S/C29H42N4O9/c1-28(2)22-5-3-4-6-23(22)32(14-13-31(11-8-24(34)35)12-9-25(36)37)29(28)10-7-19-15-21(33(40)41)16-20(27(19)42-29)17-30-18-26(38)39/h7,10,16,19,21,27,30H,3-6,8-9,11-15,17-18H2,1-2H3,(H,34,35)(H,36,37)(H,38,39)/t19?,21-,27+,29?/m1/s1. The third-order valence-electron chi connectivity index (χ3n) is 9.17. The Morgan fingerprint density at radius 1 is 1.10 bits per heavy atom. The maximum Gasteiger partial charge on any atom is 0.317 e. The summed E-state index contributed by atoms with van der Waals surface area (Å²) in [6.45, 7) is 5.54. The lowest BCUT2D eigenvalue weighted by molar-refractivity contribution is -0.512. The number of carboxylic acids is 3. The number of fused-ring (bicyclic) bond motifs is 1. The Morgan fingerprint density at radius 2 is 1.76 bits per heavy atom. The third kappa shape index (κ3) is 6.52. The van der Waals surface area contributed by atoms with Crippen LogP contribution in [0.5, 0.6) is 0 Å². The van der Waals surface area contributed by atoms with Gasteiger partial charge in [0.15, 0.2) is 5.72 Å². The second-order valence-electron chi connectivity index (χ2n) is 12.1. The molecule has 0 fully saturated rings. The molecule has 0 aromatic carbocycles. The molecule has 2 heterocycles. The van der Waals surface area contributed by atoms with Gasteiger partial charge >= 0.3 is 17.9 Å². The second-order valence-corrected chi connectivity index (χ2v) is 12.1. The van der Waals surface area contributed by atoms with Crippen LogP contribution in [0.2, 0.25) is 0 Å². The fourth-order valence-corrected chi connectivity index (χ4v) is 7.05. The molecule has 4 atom stereocenters. The average molecular weight is 591 g/mol. The van der Waals surface area contributed by atoms with Crippen LogP contribution < -0.4 is 5.32 Å². The van der Waals surface area contributed by atoms with Crippen molar-refractivity contribution in [2.24, 2.45) is 11.3 Å². The maximum absolute atomic E-state index is 11.8. The molecular formula is C29H42N4O9. The van der Waals surface area contributed by atoms with Crippen molar-refractivity contribution in [2.45, 2.75) is 76.7 Å². The summed E-state index contributed by atoms with van der Waals surface area (Å²) in [5, 5.41) is 42.3. The van der Waals surface area contributed by atoms with E-state index in [-0.39, 0.29) is 56.3 Å². The average Bonchev–Trinajstić information content (AvgIpc) is 3.10. The molecule has 0 amide bonds. The highest BCUT2D eigenvalue weighted by Crippen LogP contribution is 2.59. The Kier molecular flexibility index (Phi) is 9.74. The number of hydrogen-bond donors (Lipinski definition) is 4. The number of aliphatic carboxylic acids is 3. The number of nitrogens with zero attached hydrogens (tertiary/aromatic N) is 3. The topological polar surface area (TPSA) is 183 Å². The molecule has 4 N–H and O–H groups in total. The molecule has 0 saturated heterocycles. The van der Waals surface area contributed by atoms with Gasteiger partial charge in [0.05, 0.1) is 25.5 Å². The number of nitrogens with one attached hydrogen (secondary N) is 1. The van der Waals surface area contributed by atoms with Crippen molar-refractivity contribution in [2.75, 3.05) is 39.3 Å². The molecule has 42 heavy (non-hydrogen) atoms. The molecule has 2 aliphatic heterocycles. The SMILES string of the molecule is CC1(C)C2=C(CCCC2)N(CCN(CCC(=O)O)CCC(=O)O)C12C=CC1C[C@@H]([N+](=O)[O-])C=C(CNCC(=O)O)[C@H]1O2. The Labute approximate surface area is 245 Å². The molecule has 2 aliphatic carbocycles. The molecule has 232 valence electrons. The molecule has 2 unspecified atom stereocenters. The van der Waals surface area contributed by atoms with E-state index >= 15 is 0 Å². The lowest BCUT2D eigenvalue weighted by Gasteiger charge is -2.53. The van der Waals surface area contributed by atoms with Crippen molar-refractivity contribution in [1.29, 1.82) is 0 Å². The van der Waals surface area contributed by atoms with Gasteiger partial charge in [-0.3, -0.25) is 24.5 Å². The number of rotatable bonds is 14. The van der Waals surface area contributed by atoms with Gasteiger partial charge in [-0.1, -0.05) is 19.9 Å². The van der Waals surface area contributed by atoms with Gasteiger partial charge in [0, 0.05) is 61.1 Å². The molecule has 0 saturated carbocycles. The molecule has 4 aliphatic rings. The molecule has 0 aromatic heterocycles. The zero-order valence-electron chi connectivity index (χ0n) is 24.3. The first kappa shape index (κ1) is 31.6. The molecule has 0 bridgehead atoms. The zero-order chi connectivity index (χ0) is 30.7. The van der Waals surface area contributed by atoms with E-state index in [4.69, 9.17) is 9.84 Å². The van der Waals surface area contributed by atoms with Crippen LogP contribution in [-0.2, 0) is 19.1 Å². The van der Waals surface area contributed by atoms with Gasteiger partial charge in [-0.2, -0.15) is 0 Å². The van der Waals surface area contributed by atoms with E-state index in [1.165, 1.54) is 11.3 Å². The minimum absolute atomic E-state index is 0.0977. The van der Waals surface area contributed by atoms with Crippen LogP contribution in [0, 0.1) is 21.4 Å². The summed E-state index contributed by atoms with van der Waals surface area (Å²) < 4.78 is 7.10. The van der Waals surface area contributed by atoms with E-state index in [9.17, 15) is 34.7 Å². The van der Waals surface area contributed by atoms with Crippen LogP contribution in [0.1, 0.15) is 58.8 Å². The van der Waals surface area contributed by atoms with Crippen molar-refractivity contribution in [3.63, 3.8) is 0 Å². The van der Waals surface area contributed by atoms with Crippen molar-refractivity contribution < 1.29 is 39.4 Å². The predicted octanol–water partition coefficient (Wildman–Crippen LogP) is 2.32. The first-order valence-electron chi connectivity index (χ1n) is 14.7. The van der Waals surface area contributed by atoms with Gasteiger partial charge in [0.1, 0.15) is 0 Å². The van der Waals surface area contributed by atoms with Crippen LogP contribution >= 0.6 is 0 Å². The van der Waals surface area contributed by atoms with E-state index in [1.807, 2.05) is 17.1 Å². The van der Waals surface area contributed by atoms with E-state index in [0.717, 1.165) is 25.7 Å². The lowest BCUT2D eigenvalue weighted by atomic mass is 9.71. The molecule has 0 aromatic rings. The molecule has 0 radical (unpaired) electrons. The molecule has 1 spiro atoms. The summed E-state index contributed by atoms with van der Waals surface area (Å²) in [6.07, 6.45) is 9.10. The van der Waals surface area contributed by atoms with Crippen LogP contribution in [0.25, 0.3) is 0 Å². The Bertz CT molecular complexity index is 1160. The largest absolute Gasteiger partial charge is 0.481 e. The Morgan fingerprint density at radius 3 is 2.38 bits per heavy atom. The van der Waals surface area contributed by atoms with Gasteiger partial charge in [-0.25, -0.2) is 0 Å². The molecular weight excluding hydrogens is 548 g/mol. The molecule has 13 heteroatoms. The van der Waals surface area contributed by atoms with Crippen LogP contribution in [0.3, 0.4) is 0 Å².